The molecule has 0 aliphatic carbocycles. The Balaban J connectivity index is 1.27. The maximum absolute atomic E-state index is 12.5. The molecule has 0 spiro atoms. The van der Waals surface area contributed by atoms with Crippen LogP contribution in [0.2, 0.25) is 0 Å². The Kier molecular flexibility index (Phi) is 5.71. The van der Waals surface area contributed by atoms with E-state index in [2.05, 4.69) is 27.2 Å². The summed E-state index contributed by atoms with van der Waals surface area (Å²) in [4.78, 5) is 17.0. The van der Waals surface area contributed by atoms with E-state index in [0.717, 1.165) is 48.7 Å². The monoisotopic (exact) mass is 393 g/mol. The number of carbonyl (C=O) groups excluding carboxylic acids is 1. The van der Waals surface area contributed by atoms with E-state index in [1.54, 1.807) is 7.11 Å². The van der Waals surface area contributed by atoms with Gasteiger partial charge in [0.05, 0.1) is 19.7 Å². The van der Waals surface area contributed by atoms with Crippen LogP contribution in [0.4, 0.5) is 5.69 Å². The molecule has 1 unspecified atom stereocenters. The molecule has 6 heteroatoms. The fourth-order valence-electron chi connectivity index (χ4n) is 3.73. The molecule has 1 saturated heterocycles. The molecule has 1 amide bonds. The van der Waals surface area contributed by atoms with Crippen molar-refractivity contribution in [2.45, 2.75) is 13.0 Å². The van der Waals surface area contributed by atoms with Gasteiger partial charge in [-0.2, -0.15) is 0 Å². The molecule has 2 heterocycles. The van der Waals surface area contributed by atoms with Crippen LogP contribution in [-0.2, 0) is 4.79 Å². The standard InChI is InChI=1S/C23H27N3O3/c1-17(22-15-18-5-3-4-6-21(18)29-22)24-23(27)16-25-11-13-26(14-12-25)19-7-9-20(28-2)10-8-19/h3-10,15,17H,11-14,16H2,1-2H3,(H,24,27). The van der Waals surface area contributed by atoms with E-state index in [-0.39, 0.29) is 11.9 Å². The highest BCUT2D eigenvalue weighted by Crippen LogP contribution is 2.24. The molecule has 0 saturated carbocycles. The van der Waals surface area contributed by atoms with Crippen molar-refractivity contribution in [3.63, 3.8) is 0 Å². The molecule has 3 aromatic rings. The smallest absolute Gasteiger partial charge is 0.234 e. The van der Waals surface area contributed by atoms with Crippen LogP contribution in [0, 0.1) is 0 Å². The second-order valence-electron chi connectivity index (χ2n) is 7.44. The third kappa shape index (κ3) is 4.54. The summed E-state index contributed by atoms with van der Waals surface area (Å²) < 4.78 is 11.1. The van der Waals surface area contributed by atoms with Crippen molar-refractivity contribution >= 4 is 22.6 Å². The number of amides is 1. The highest BCUT2D eigenvalue weighted by molar-refractivity contribution is 5.80. The number of ether oxygens (including phenoxy) is 1. The zero-order valence-corrected chi connectivity index (χ0v) is 16.9. The van der Waals surface area contributed by atoms with Crippen LogP contribution in [0.25, 0.3) is 11.0 Å². The van der Waals surface area contributed by atoms with E-state index >= 15 is 0 Å². The number of hydrogen-bond acceptors (Lipinski definition) is 5. The first-order valence-corrected chi connectivity index (χ1v) is 10.0. The maximum atomic E-state index is 12.5. The number of piperazine rings is 1. The van der Waals surface area contributed by atoms with Crippen molar-refractivity contribution in [2.24, 2.45) is 0 Å². The highest BCUT2D eigenvalue weighted by Gasteiger charge is 2.21. The first-order valence-electron chi connectivity index (χ1n) is 10.0. The molecule has 152 valence electrons. The number of hydrogen-bond donors (Lipinski definition) is 1. The Morgan fingerprint density at radius 1 is 1.10 bits per heavy atom. The molecule has 1 aliphatic rings. The van der Waals surface area contributed by atoms with Gasteiger partial charge < -0.3 is 19.4 Å². The lowest BCUT2D eigenvalue weighted by Crippen LogP contribution is -2.49. The minimum atomic E-state index is -0.157. The van der Waals surface area contributed by atoms with Crippen molar-refractivity contribution < 1.29 is 13.9 Å². The summed E-state index contributed by atoms with van der Waals surface area (Å²) in [7, 11) is 1.67. The number of para-hydroxylation sites is 1. The molecule has 1 aliphatic heterocycles. The predicted octanol–water partition coefficient (Wildman–Crippen LogP) is 3.44. The normalized spacial score (nSPS) is 16.0. The van der Waals surface area contributed by atoms with E-state index < -0.39 is 0 Å². The number of nitrogens with zero attached hydrogens (tertiary/aromatic N) is 2. The zero-order chi connectivity index (χ0) is 20.2. The molecule has 1 atom stereocenters. The lowest BCUT2D eigenvalue weighted by atomic mass is 10.2. The van der Waals surface area contributed by atoms with Crippen molar-refractivity contribution in [3.8, 4) is 5.75 Å². The van der Waals surface area contributed by atoms with Crippen LogP contribution in [-0.4, -0.2) is 50.6 Å². The van der Waals surface area contributed by atoms with Crippen molar-refractivity contribution in [1.82, 2.24) is 10.2 Å². The Morgan fingerprint density at radius 3 is 2.52 bits per heavy atom. The van der Waals surface area contributed by atoms with Gasteiger partial charge in [0, 0.05) is 37.3 Å². The molecule has 1 N–H and O–H groups in total. The molecule has 6 nitrogen and oxygen atoms in total. The van der Waals surface area contributed by atoms with Crippen LogP contribution in [0.1, 0.15) is 18.7 Å². The summed E-state index contributed by atoms with van der Waals surface area (Å²) in [5.74, 6) is 1.67. The average Bonchev–Trinajstić information content (AvgIpc) is 3.19. The summed E-state index contributed by atoms with van der Waals surface area (Å²) in [5.41, 5.74) is 2.03. The number of fused-ring (bicyclic) bond motifs is 1. The molecule has 0 bridgehead atoms. The molecular formula is C23H27N3O3. The van der Waals surface area contributed by atoms with Crippen molar-refractivity contribution in [3.05, 3.63) is 60.4 Å². The number of carbonyl (C=O) groups is 1. The maximum Gasteiger partial charge on any atom is 0.234 e. The number of rotatable bonds is 6. The quantitative estimate of drug-likeness (QED) is 0.695. The largest absolute Gasteiger partial charge is 0.497 e. The lowest BCUT2D eigenvalue weighted by molar-refractivity contribution is -0.123. The van der Waals surface area contributed by atoms with Gasteiger partial charge in [-0.15, -0.1) is 0 Å². The van der Waals surface area contributed by atoms with E-state index in [1.165, 1.54) is 5.69 Å². The Bertz CT molecular complexity index is 926. The van der Waals surface area contributed by atoms with E-state index in [1.807, 2.05) is 49.4 Å². The van der Waals surface area contributed by atoms with E-state index in [9.17, 15) is 4.79 Å². The third-order valence-electron chi connectivity index (χ3n) is 5.43. The van der Waals surface area contributed by atoms with Gasteiger partial charge in [-0.1, -0.05) is 18.2 Å². The first kappa shape index (κ1) is 19.3. The number of methoxy groups -OCH3 is 1. The van der Waals surface area contributed by atoms with Gasteiger partial charge >= 0.3 is 0 Å². The topological polar surface area (TPSA) is 58.0 Å². The summed E-state index contributed by atoms with van der Waals surface area (Å²) in [5, 5.41) is 4.11. The van der Waals surface area contributed by atoms with Gasteiger partial charge in [-0.3, -0.25) is 9.69 Å². The summed E-state index contributed by atoms with van der Waals surface area (Å²) in [6, 6.07) is 17.8. The SMILES string of the molecule is COc1ccc(N2CCN(CC(=O)NC(C)c3cc4ccccc4o3)CC2)cc1. The molecule has 1 aromatic heterocycles. The van der Waals surface area contributed by atoms with E-state index in [0.29, 0.717) is 6.54 Å². The molecule has 0 radical (unpaired) electrons. The molecule has 4 rings (SSSR count). The Morgan fingerprint density at radius 2 is 1.83 bits per heavy atom. The van der Waals surface area contributed by atoms with Crippen LogP contribution in [0.5, 0.6) is 5.75 Å². The van der Waals surface area contributed by atoms with Gasteiger partial charge in [0.25, 0.3) is 0 Å². The third-order valence-corrected chi connectivity index (χ3v) is 5.43. The minimum absolute atomic E-state index is 0.0239. The zero-order valence-electron chi connectivity index (χ0n) is 16.9. The molecular weight excluding hydrogens is 366 g/mol. The fourth-order valence-corrected chi connectivity index (χ4v) is 3.73. The fraction of sp³-hybridized carbons (Fsp3) is 0.348. The van der Waals surface area contributed by atoms with Gasteiger partial charge in [-0.25, -0.2) is 0 Å². The van der Waals surface area contributed by atoms with Crippen molar-refractivity contribution in [1.29, 1.82) is 0 Å². The average molecular weight is 393 g/mol. The summed E-state index contributed by atoms with van der Waals surface area (Å²) >= 11 is 0. The van der Waals surface area contributed by atoms with Gasteiger partial charge in [0.15, 0.2) is 0 Å². The predicted molar refractivity (Wildman–Crippen MR) is 114 cm³/mol. The van der Waals surface area contributed by atoms with Crippen molar-refractivity contribution in [2.75, 3.05) is 44.7 Å². The number of benzene rings is 2. The van der Waals surface area contributed by atoms with Gasteiger partial charge in [0.1, 0.15) is 17.1 Å². The second kappa shape index (κ2) is 8.57. The van der Waals surface area contributed by atoms with Crippen LogP contribution < -0.4 is 15.0 Å². The Labute approximate surface area is 171 Å². The first-order chi connectivity index (χ1) is 14.1. The Hall–Kier alpha value is -2.99. The molecule has 2 aromatic carbocycles. The molecule has 1 fully saturated rings. The lowest BCUT2D eigenvalue weighted by Gasteiger charge is -2.35. The van der Waals surface area contributed by atoms with Gasteiger partial charge in [-0.05, 0) is 43.3 Å². The highest BCUT2D eigenvalue weighted by atomic mass is 16.5. The number of anilines is 1. The summed E-state index contributed by atoms with van der Waals surface area (Å²) in [6.45, 7) is 5.88. The van der Waals surface area contributed by atoms with Crippen LogP contribution >= 0.6 is 0 Å². The van der Waals surface area contributed by atoms with Gasteiger partial charge in [0.2, 0.25) is 5.91 Å². The van der Waals surface area contributed by atoms with E-state index in [4.69, 9.17) is 9.15 Å². The van der Waals surface area contributed by atoms with Crippen LogP contribution in [0.3, 0.4) is 0 Å². The van der Waals surface area contributed by atoms with Crippen LogP contribution in [0.15, 0.2) is 59.0 Å². The molecule has 29 heavy (non-hydrogen) atoms. The summed E-state index contributed by atoms with van der Waals surface area (Å²) in [6.07, 6.45) is 0. The number of nitrogens with one attached hydrogen (secondary N) is 1. The second-order valence-corrected chi connectivity index (χ2v) is 7.44. The minimum Gasteiger partial charge on any atom is -0.497 e. The number of furan rings is 1.